The molecule has 1 aliphatic heterocycles. The summed E-state index contributed by atoms with van der Waals surface area (Å²) in [7, 11) is 0. The third-order valence-corrected chi connectivity index (χ3v) is 4.17. The van der Waals surface area contributed by atoms with Crippen molar-refractivity contribution in [1.29, 1.82) is 0 Å². The van der Waals surface area contributed by atoms with E-state index in [1.807, 2.05) is 0 Å². The van der Waals surface area contributed by atoms with Crippen molar-refractivity contribution in [1.82, 2.24) is 10.3 Å². The molecule has 4 nitrogen and oxygen atoms in total. The molecule has 0 unspecified atom stereocenters. The van der Waals surface area contributed by atoms with E-state index in [1.165, 1.54) is 44.9 Å². The summed E-state index contributed by atoms with van der Waals surface area (Å²) in [6.07, 6.45) is 8.90. The summed E-state index contributed by atoms with van der Waals surface area (Å²) in [6, 6.07) is 0.478. The molecule has 4 heteroatoms. The van der Waals surface area contributed by atoms with E-state index >= 15 is 0 Å². The van der Waals surface area contributed by atoms with Crippen LogP contribution in [0.25, 0.3) is 0 Å². The normalized spacial score (nSPS) is 26.3. The highest BCUT2D eigenvalue weighted by Gasteiger charge is 2.34. The molecule has 0 aromatic carbocycles. The molecule has 0 aromatic rings. The van der Waals surface area contributed by atoms with Crippen LogP contribution in [0.4, 0.5) is 0 Å². The Morgan fingerprint density at radius 1 is 1.24 bits per heavy atom. The first-order valence-electron chi connectivity index (χ1n) is 6.95. The number of nitrogens with two attached hydrogens (primary N) is 1. The van der Waals surface area contributed by atoms with Crippen molar-refractivity contribution in [3.8, 4) is 0 Å². The fourth-order valence-electron chi connectivity index (χ4n) is 3.07. The van der Waals surface area contributed by atoms with Crippen LogP contribution in [0.3, 0.4) is 0 Å². The zero-order valence-corrected chi connectivity index (χ0v) is 11.2. The molecule has 0 aromatic heterocycles. The van der Waals surface area contributed by atoms with Gasteiger partial charge in [0.2, 0.25) is 5.96 Å². The molecule has 2 fully saturated rings. The van der Waals surface area contributed by atoms with Gasteiger partial charge in [0, 0.05) is 12.1 Å². The molecule has 17 heavy (non-hydrogen) atoms. The van der Waals surface area contributed by atoms with E-state index in [4.69, 9.17) is 10.8 Å². The minimum atomic E-state index is 0.194. The van der Waals surface area contributed by atoms with E-state index in [9.17, 15) is 0 Å². The van der Waals surface area contributed by atoms with Gasteiger partial charge in [-0.05, 0) is 39.5 Å². The number of nitrogens with zero attached hydrogens (tertiary/aromatic N) is 2. The number of nitrogens with one attached hydrogen (secondary N) is 1. The molecule has 0 bridgehead atoms. The number of hydrogen-bond acceptors (Lipinski definition) is 2. The summed E-state index contributed by atoms with van der Waals surface area (Å²) in [6.45, 7) is 5.62. The summed E-state index contributed by atoms with van der Waals surface area (Å²) < 4.78 is 0. The van der Waals surface area contributed by atoms with Gasteiger partial charge in [0.25, 0.3) is 0 Å². The summed E-state index contributed by atoms with van der Waals surface area (Å²) >= 11 is 0. The maximum Gasteiger partial charge on any atom is 0.209 e. The predicted molar refractivity (Wildman–Crippen MR) is 71.7 cm³/mol. The van der Waals surface area contributed by atoms with Crippen LogP contribution in [-0.4, -0.2) is 29.0 Å². The van der Waals surface area contributed by atoms with Crippen LogP contribution < -0.4 is 11.3 Å². The monoisotopic (exact) mass is 238 g/mol. The largest absolute Gasteiger partial charge is 0.337 e. The first-order valence-corrected chi connectivity index (χ1v) is 6.95. The lowest BCUT2D eigenvalue weighted by atomic mass is 9.96. The molecule has 98 valence electrons. The van der Waals surface area contributed by atoms with Crippen molar-refractivity contribution in [3.63, 3.8) is 0 Å². The number of rotatable bonds is 1. The molecular weight excluding hydrogens is 212 g/mol. The molecule has 0 atom stereocenters. The molecule has 0 radical (unpaired) electrons. The molecule has 3 N–H and O–H groups in total. The van der Waals surface area contributed by atoms with Gasteiger partial charge >= 0.3 is 0 Å². The fraction of sp³-hybridized carbons (Fsp3) is 0.923. The molecule has 0 amide bonds. The molecule has 1 heterocycles. The van der Waals surface area contributed by atoms with Crippen molar-refractivity contribution in [2.75, 3.05) is 6.54 Å². The summed E-state index contributed by atoms with van der Waals surface area (Å²) in [5.41, 5.74) is 3.02. The topological polar surface area (TPSA) is 53.6 Å². The Hall–Kier alpha value is -0.770. The van der Waals surface area contributed by atoms with Gasteiger partial charge in [0.05, 0.1) is 6.04 Å². The van der Waals surface area contributed by atoms with E-state index in [-0.39, 0.29) is 5.54 Å². The number of hydrogen-bond donors (Lipinski definition) is 2. The number of aliphatic imine (C=N–C) groups is 1. The van der Waals surface area contributed by atoms with Crippen LogP contribution in [0.2, 0.25) is 0 Å². The van der Waals surface area contributed by atoms with Crippen molar-refractivity contribution in [2.24, 2.45) is 10.8 Å². The van der Waals surface area contributed by atoms with Gasteiger partial charge in [-0.15, -0.1) is 0 Å². The van der Waals surface area contributed by atoms with E-state index in [0.717, 1.165) is 12.5 Å². The molecule has 0 spiro atoms. The smallest absolute Gasteiger partial charge is 0.209 e. The first kappa shape index (κ1) is 12.7. The molecule has 1 saturated carbocycles. The standard InChI is InChI=1S/C13H26N4/c1-13(2)9-6-10-17(13)12(16-14)15-11-7-4-3-5-8-11/h11H,3-10,14H2,1-2H3,(H,15,16). The van der Waals surface area contributed by atoms with Crippen LogP contribution in [0.15, 0.2) is 4.99 Å². The fourth-order valence-corrected chi connectivity index (χ4v) is 3.07. The summed E-state index contributed by atoms with van der Waals surface area (Å²) in [5, 5.41) is 0. The maximum absolute atomic E-state index is 5.67. The van der Waals surface area contributed by atoms with E-state index < -0.39 is 0 Å². The quantitative estimate of drug-likeness (QED) is 0.318. The number of guanidine groups is 1. The number of likely N-dealkylation sites (tertiary alicyclic amines) is 1. The molecular formula is C13H26N4. The van der Waals surface area contributed by atoms with Gasteiger partial charge in [0.1, 0.15) is 0 Å². The van der Waals surface area contributed by atoms with Gasteiger partial charge in [-0.25, -0.2) is 10.8 Å². The van der Waals surface area contributed by atoms with Gasteiger partial charge in [-0.3, -0.25) is 5.43 Å². The van der Waals surface area contributed by atoms with Crippen molar-refractivity contribution in [2.45, 2.75) is 70.4 Å². The second kappa shape index (κ2) is 5.25. The van der Waals surface area contributed by atoms with Crippen LogP contribution in [0.5, 0.6) is 0 Å². The van der Waals surface area contributed by atoms with E-state index in [2.05, 4.69) is 24.2 Å². The van der Waals surface area contributed by atoms with Gasteiger partial charge in [0.15, 0.2) is 0 Å². The molecule has 2 rings (SSSR count). The average Bonchev–Trinajstić information content (AvgIpc) is 2.67. The second-order valence-electron chi connectivity index (χ2n) is 5.96. The highest BCUT2D eigenvalue weighted by molar-refractivity contribution is 5.80. The average molecular weight is 238 g/mol. The third kappa shape index (κ3) is 2.92. The minimum Gasteiger partial charge on any atom is -0.337 e. The van der Waals surface area contributed by atoms with Crippen molar-refractivity contribution < 1.29 is 0 Å². The SMILES string of the molecule is CC1(C)CCCN1C(=NC1CCCCC1)NN. The summed E-state index contributed by atoms with van der Waals surface area (Å²) in [4.78, 5) is 7.17. The van der Waals surface area contributed by atoms with Crippen LogP contribution in [0.1, 0.15) is 58.8 Å². The molecule has 1 aliphatic carbocycles. The van der Waals surface area contributed by atoms with E-state index in [1.54, 1.807) is 0 Å². The van der Waals surface area contributed by atoms with Crippen LogP contribution in [0, 0.1) is 0 Å². The highest BCUT2D eigenvalue weighted by Crippen LogP contribution is 2.29. The zero-order valence-electron chi connectivity index (χ0n) is 11.2. The molecule has 2 aliphatic rings. The Labute approximate surface area is 105 Å². The Balaban J connectivity index is 2.06. The minimum absolute atomic E-state index is 0.194. The lowest BCUT2D eigenvalue weighted by molar-refractivity contribution is 0.270. The lowest BCUT2D eigenvalue weighted by Gasteiger charge is -2.34. The zero-order chi connectivity index (χ0) is 12.3. The Bertz CT molecular complexity index is 279. The van der Waals surface area contributed by atoms with Crippen molar-refractivity contribution >= 4 is 5.96 Å². The van der Waals surface area contributed by atoms with Gasteiger partial charge in [-0.1, -0.05) is 19.3 Å². The molecule has 1 saturated heterocycles. The van der Waals surface area contributed by atoms with Crippen LogP contribution >= 0.6 is 0 Å². The predicted octanol–water partition coefficient (Wildman–Crippen LogP) is 2.01. The van der Waals surface area contributed by atoms with Gasteiger partial charge < -0.3 is 4.90 Å². The maximum atomic E-state index is 5.67. The first-order chi connectivity index (χ1) is 8.13. The van der Waals surface area contributed by atoms with Crippen LogP contribution in [-0.2, 0) is 0 Å². The second-order valence-corrected chi connectivity index (χ2v) is 5.96. The van der Waals surface area contributed by atoms with E-state index in [0.29, 0.717) is 6.04 Å². The number of hydrazine groups is 1. The van der Waals surface area contributed by atoms with Crippen molar-refractivity contribution in [3.05, 3.63) is 0 Å². The highest BCUT2D eigenvalue weighted by atomic mass is 15.4. The Morgan fingerprint density at radius 3 is 2.47 bits per heavy atom. The lowest BCUT2D eigenvalue weighted by Crippen LogP contribution is -2.51. The summed E-state index contributed by atoms with van der Waals surface area (Å²) in [5.74, 6) is 6.57. The third-order valence-electron chi connectivity index (χ3n) is 4.17. The Kier molecular flexibility index (Phi) is 3.92. The Morgan fingerprint density at radius 2 is 1.94 bits per heavy atom. The van der Waals surface area contributed by atoms with Gasteiger partial charge in [-0.2, -0.15) is 0 Å².